The third-order valence-corrected chi connectivity index (χ3v) is 5.62. The number of carbonyl (C=O) groups is 2. The molecule has 1 aliphatic heterocycles. The van der Waals surface area contributed by atoms with Crippen LogP contribution in [0.25, 0.3) is 0 Å². The van der Waals surface area contributed by atoms with Crippen molar-refractivity contribution >= 4 is 11.8 Å². The average molecular weight is 398 g/mol. The molecule has 5 N–H and O–H groups in total. The maximum Gasteiger partial charge on any atom is 0.416 e. The Balaban J connectivity index is 1.59. The van der Waals surface area contributed by atoms with E-state index in [9.17, 15) is 22.8 Å². The first-order chi connectivity index (χ1) is 13.1. The molecule has 1 saturated carbocycles. The van der Waals surface area contributed by atoms with Gasteiger partial charge in [-0.05, 0) is 43.4 Å². The summed E-state index contributed by atoms with van der Waals surface area (Å²) in [5.41, 5.74) is 9.45. The van der Waals surface area contributed by atoms with Gasteiger partial charge in [-0.2, -0.15) is 13.2 Å². The minimum absolute atomic E-state index is 0.0989. The molecule has 6 nitrogen and oxygen atoms in total. The quantitative estimate of drug-likeness (QED) is 0.698. The van der Waals surface area contributed by atoms with Crippen LogP contribution < -0.4 is 16.8 Å². The van der Waals surface area contributed by atoms with Gasteiger partial charge >= 0.3 is 6.18 Å². The van der Waals surface area contributed by atoms with Crippen molar-refractivity contribution in [3.8, 4) is 0 Å². The lowest BCUT2D eigenvalue weighted by Crippen LogP contribution is -2.62. The molecule has 0 spiro atoms. The van der Waals surface area contributed by atoms with Crippen molar-refractivity contribution in [2.24, 2.45) is 11.5 Å². The maximum atomic E-state index is 13.3. The largest absolute Gasteiger partial charge is 0.416 e. The van der Waals surface area contributed by atoms with E-state index in [2.05, 4.69) is 10.2 Å². The Morgan fingerprint density at radius 2 is 1.79 bits per heavy atom. The summed E-state index contributed by atoms with van der Waals surface area (Å²) < 4.78 is 39.8. The highest BCUT2D eigenvalue weighted by Crippen LogP contribution is 2.34. The maximum absolute atomic E-state index is 13.3. The number of hydrogen-bond donors (Lipinski definition) is 3. The number of amides is 2. The summed E-state index contributed by atoms with van der Waals surface area (Å²) in [4.78, 5) is 26.1. The minimum atomic E-state index is -4.67. The Bertz CT molecular complexity index is 739. The first kappa shape index (κ1) is 20.6. The van der Waals surface area contributed by atoms with Gasteiger partial charge in [0, 0.05) is 30.7 Å². The lowest BCUT2D eigenvalue weighted by Gasteiger charge is -2.46. The standard InChI is InChI=1S/C19H25F3N4O2/c20-19(21,22)16-3-1-2-14(18(24)28)15(16)8-17(27)25-12-9-26(10-12)13-6-4-11(23)5-7-13/h1-3,11-13H,4-10,23H2,(H2,24,28)(H,25,27). The molecule has 1 heterocycles. The Labute approximate surface area is 161 Å². The fraction of sp³-hybridized carbons (Fsp3) is 0.579. The molecule has 28 heavy (non-hydrogen) atoms. The van der Waals surface area contributed by atoms with Gasteiger partial charge in [-0.3, -0.25) is 14.5 Å². The topological polar surface area (TPSA) is 101 Å². The molecule has 0 unspecified atom stereocenters. The lowest BCUT2D eigenvalue weighted by molar-refractivity contribution is -0.138. The van der Waals surface area contributed by atoms with E-state index in [0.717, 1.165) is 37.8 Å². The Morgan fingerprint density at radius 3 is 2.36 bits per heavy atom. The van der Waals surface area contributed by atoms with Crippen molar-refractivity contribution in [1.29, 1.82) is 0 Å². The van der Waals surface area contributed by atoms with Crippen LogP contribution in [-0.4, -0.2) is 47.9 Å². The van der Waals surface area contributed by atoms with Gasteiger partial charge in [0.15, 0.2) is 0 Å². The van der Waals surface area contributed by atoms with E-state index < -0.39 is 30.0 Å². The minimum Gasteiger partial charge on any atom is -0.366 e. The molecule has 3 rings (SSSR count). The van der Waals surface area contributed by atoms with Gasteiger partial charge in [-0.25, -0.2) is 0 Å². The number of alkyl halides is 3. The second-order valence-electron chi connectivity index (χ2n) is 7.66. The van der Waals surface area contributed by atoms with Crippen LogP contribution in [0.5, 0.6) is 0 Å². The fourth-order valence-corrected chi connectivity index (χ4v) is 4.08. The van der Waals surface area contributed by atoms with E-state index in [1.807, 2.05) is 0 Å². The van der Waals surface area contributed by atoms with Crippen molar-refractivity contribution in [3.05, 3.63) is 34.9 Å². The van der Waals surface area contributed by atoms with Crippen LogP contribution in [0.3, 0.4) is 0 Å². The summed E-state index contributed by atoms with van der Waals surface area (Å²) in [6.45, 7) is 1.35. The molecule has 1 aliphatic carbocycles. The van der Waals surface area contributed by atoms with Crippen molar-refractivity contribution < 1.29 is 22.8 Å². The van der Waals surface area contributed by atoms with Crippen LogP contribution in [0.4, 0.5) is 13.2 Å². The molecule has 1 aromatic carbocycles. The van der Waals surface area contributed by atoms with Gasteiger partial charge in [0.05, 0.1) is 18.0 Å². The van der Waals surface area contributed by atoms with Gasteiger partial charge in [-0.15, -0.1) is 0 Å². The highest BCUT2D eigenvalue weighted by atomic mass is 19.4. The van der Waals surface area contributed by atoms with Crippen LogP contribution in [-0.2, 0) is 17.4 Å². The first-order valence-corrected chi connectivity index (χ1v) is 9.43. The van der Waals surface area contributed by atoms with Crippen molar-refractivity contribution in [2.45, 2.75) is 56.4 Å². The van der Waals surface area contributed by atoms with Crippen LogP contribution in [0, 0.1) is 0 Å². The number of primary amides is 1. The summed E-state index contributed by atoms with van der Waals surface area (Å²) in [5, 5.41) is 2.76. The van der Waals surface area contributed by atoms with Crippen LogP contribution in [0.2, 0.25) is 0 Å². The van der Waals surface area contributed by atoms with Gasteiger partial charge in [0.25, 0.3) is 0 Å². The van der Waals surface area contributed by atoms with Gasteiger partial charge in [0.1, 0.15) is 0 Å². The van der Waals surface area contributed by atoms with E-state index in [1.54, 1.807) is 0 Å². The summed E-state index contributed by atoms with van der Waals surface area (Å²) >= 11 is 0. The number of nitrogens with zero attached hydrogens (tertiary/aromatic N) is 1. The van der Waals surface area contributed by atoms with Crippen LogP contribution >= 0.6 is 0 Å². The molecule has 0 radical (unpaired) electrons. The molecule has 1 saturated heterocycles. The number of likely N-dealkylation sites (tertiary alicyclic amines) is 1. The average Bonchev–Trinajstić information content (AvgIpc) is 2.58. The molecule has 2 fully saturated rings. The van der Waals surface area contributed by atoms with E-state index in [-0.39, 0.29) is 23.2 Å². The molecular weight excluding hydrogens is 373 g/mol. The number of carbonyl (C=O) groups excluding carboxylic acids is 2. The van der Waals surface area contributed by atoms with Crippen LogP contribution in [0.15, 0.2) is 18.2 Å². The zero-order valence-electron chi connectivity index (χ0n) is 15.5. The van der Waals surface area contributed by atoms with E-state index >= 15 is 0 Å². The molecule has 9 heteroatoms. The van der Waals surface area contributed by atoms with E-state index in [0.29, 0.717) is 19.1 Å². The molecule has 2 aliphatic rings. The number of benzene rings is 1. The number of rotatable bonds is 5. The number of halogens is 3. The van der Waals surface area contributed by atoms with E-state index in [4.69, 9.17) is 11.5 Å². The molecule has 154 valence electrons. The summed E-state index contributed by atoms with van der Waals surface area (Å²) in [6, 6.07) is 3.80. The lowest BCUT2D eigenvalue weighted by atomic mass is 9.88. The summed E-state index contributed by atoms with van der Waals surface area (Å²) in [5.74, 6) is -1.53. The number of nitrogens with two attached hydrogens (primary N) is 2. The highest BCUT2D eigenvalue weighted by molar-refractivity contribution is 5.96. The number of nitrogens with one attached hydrogen (secondary N) is 1. The number of hydrogen-bond acceptors (Lipinski definition) is 4. The van der Waals surface area contributed by atoms with Gasteiger partial charge < -0.3 is 16.8 Å². The Morgan fingerprint density at radius 1 is 1.14 bits per heavy atom. The zero-order valence-corrected chi connectivity index (χ0v) is 15.5. The highest BCUT2D eigenvalue weighted by Gasteiger charge is 2.37. The van der Waals surface area contributed by atoms with Gasteiger partial charge in [0.2, 0.25) is 11.8 Å². The Hall–Kier alpha value is -2.13. The second kappa shape index (κ2) is 8.08. The third-order valence-electron chi connectivity index (χ3n) is 5.62. The summed E-state index contributed by atoms with van der Waals surface area (Å²) in [7, 11) is 0. The summed E-state index contributed by atoms with van der Waals surface area (Å²) in [6.07, 6.45) is -1.17. The smallest absolute Gasteiger partial charge is 0.366 e. The van der Waals surface area contributed by atoms with Gasteiger partial charge in [-0.1, -0.05) is 6.07 Å². The fourth-order valence-electron chi connectivity index (χ4n) is 4.08. The zero-order chi connectivity index (χ0) is 20.5. The third kappa shape index (κ3) is 4.64. The van der Waals surface area contributed by atoms with Crippen molar-refractivity contribution in [2.75, 3.05) is 13.1 Å². The van der Waals surface area contributed by atoms with Crippen LogP contribution in [0.1, 0.15) is 47.2 Å². The normalized spacial score (nSPS) is 23.9. The predicted molar refractivity (Wildman–Crippen MR) is 97.4 cm³/mol. The molecule has 1 aromatic rings. The Kier molecular flexibility index (Phi) is 5.95. The predicted octanol–water partition coefficient (Wildman–Crippen LogP) is 1.42. The molecular formula is C19H25F3N4O2. The second-order valence-corrected chi connectivity index (χ2v) is 7.66. The molecule has 0 bridgehead atoms. The first-order valence-electron chi connectivity index (χ1n) is 9.43. The molecule has 0 aromatic heterocycles. The van der Waals surface area contributed by atoms with E-state index in [1.165, 1.54) is 6.07 Å². The van der Waals surface area contributed by atoms with Crippen molar-refractivity contribution in [1.82, 2.24) is 10.2 Å². The SMILES string of the molecule is NC(=O)c1cccc(C(F)(F)F)c1CC(=O)NC1CN(C2CCC(N)CC2)C1. The molecule has 2 amide bonds. The monoisotopic (exact) mass is 398 g/mol. The van der Waals surface area contributed by atoms with Crippen molar-refractivity contribution in [3.63, 3.8) is 0 Å². The molecule has 0 atom stereocenters.